The average molecular weight is 290 g/mol. The van der Waals surface area contributed by atoms with E-state index in [9.17, 15) is 0 Å². The van der Waals surface area contributed by atoms with Gasteiger partial charge in [0.05, 0.1) is 11.2 Å². The molecule has 2 heterocycles. The first-order valence-electron chi connectivity index (χ1n) is 6.03. The van der Waals surface area contributed by atoms with Gasteiger partial charge in [-0.05, 0) is 18.1 Å². The topological polar surface area (TPSA) is 38.7 Å². The Hall–Kier alpha value is -1.52. The van der Waals surface area contributed by atoms with Gasteiger partial charge in [0, 0.05) is 10.8 Å². The van der Waals surface area contributed by atoms with Gasteiger partial charge in [-0.25, -0.2) is 15.0 Å². The van der Waals surface area contributed by atoms with Crippen molar-refractivity contribution in [1.82, 2.24) is 15.0 Å². The number of nitrogens with zero attached hydrogens (tertiary/aromatic N) is 3. The molecule has 0 amide bonds. The molecular weight excluding hydrogens is 278 g/mol. The van der Waals surface area contributed by atoms with Crippen LogP contribution in [0, 0.1) is 0 Å². The molecule has 0 unspecified atom stereocenters. The number of aromatic nitrogens is 3. The molecule has 5 heteroatoms. The van der Waals surface area contributed by atoms with Crippen molar-refractivity contribution >= 4 is 33.8 Å². The number of para-hydroxylation sites is 1. The lowest BCUT2D eigenvalue weighted by atomic mass is 10.2. The van der Waals surface area contributed by atoms with Crippen molar-refractivity contribution in [3.63, 3.8) is 0 Å². The predicted octanol–water partition coefficient (Wildman–Crippen LogP) is 4.53. The summed E-state index contributed by atoms with van der Waals surface area (Å²) in [7, 11) is 0. The average Bonchev–Trinajstić information content (AvgIpc) is 2.88. The van der Waals surface area contributed by atoms with Gasteiger partial charge in [-0.1, -0.05) is 37.6 Å². The highest BCUT2D eigenvalue weighted by Gasteiger charge is 2.12. The zero-order valence-corrected chi connectivity index (χ0v) is 12.2. The maximum absolute atomic E-state index is 6.21. The molecule has 0 radical (unpaired) electrons. The summed E-state index contributed by atoms with van der Waals surface area (Å²) in [6.45, 7) is 4.24. The van der Waals surface area contributed by atoms with Crippen LogP contribution < -0.4 is 0 Å². The normalized spacial score (nSPS) is 11.4. The lowest BCUT2D eigenvalue weighted by Crippen LogP contribution is -1.92. The molecule has 2 aromatic heterocycles. The van der Waals surface area contributed by atoms with Crippen molar-refractivity contribution in [3.8, 4) is 10.8 Å². The van der Waals surface area contributed by atoms with Crippen molar-refractivity contribution in [2.45, 2.75) is 19.8 Å². The van der Waals surface area contributed by atoms with Gasteiger partial charge in [0.1, 0.15) is 5.15 Å². The zero-order valence-electron chi connectivity index (χ0n) is 10.6. The zero-order chi connectivity index (χ0) is 13.4. The summed E-state index contributed by atoms with van der Waals surface area (Å²) in [6.07, 6.45) is 0. The molecule has 0 bridgehead atoms. The van der Waals surface area contributed by atoms with E-state index in [4.69, 9.17) is 11.6 Å². The van der Waals surface area contributed by atoms with Crippen LogP contribution in [0.15, 0.2) is 29.6 Å². The number of halogens is 1. The van der Waals surface area contributed by atoms with E-state index in [0.717, 1.165) is 21.6 Å². The van der Waals surface area contributed by atoms with E-state index in [2.05, 4.69) is 28.8 Å². The highest BCUT2D eigenvalue weighted by atomic mass is 35.5. The number of fused-ring (bicyclic) bond motifs is 1. The maximum Gasteiger partial charge on any atom is 0.190 e. The number of benzene rings is 1. The maximum atomic E-state index is 6.21. The fourth-order valence-electron chi connectivity index (χ4n) is 1.79. The molecule has 0 aliphatic carbocycles. The Labute approximate surface area is 120 Å². The summed E-state index contributed by atoms with van der Waals surface area (Å²) in [4.78, 5) is 13.4. The van der Waals surface area contributed by atoms with Crippen molar-refractivity contribution in [3.05, 3.63) is 40.5 Å². The Morgan fingerprint density at radius 2 is 1.89 bits per heavy atom. The summed E-state index contributed by atoms with van der Waals surface area (Å²) < 4.78 is 0. The van der Waals surface area contributed by atoms with Crippen LogP contribution in [0.25, 0.3) is 21.7 Å². The molecule has 96 valence electrons. The molecule has 0 fully saturated rings. The smallest absolute Gasteiger partial charge is 0.190 e. The quantitative estimate of drug-likeness (QED) is 0.651. The first kappa shape index (κ1) is 12.5. The first-order chi connectivity index (χ1) is 9.15. The van der Waals surface area contributed by atoms with E-state index >= 15 is 0 Å². The lowest BCUT2D eigenvalue weighted by Gasteiger charge is -2.02. The summed E-state index contributed by atoms with van der Waals surface area (Å²) in [6, 6.07) is 7.72. The Balaban J connectivity index is 2.14. The van der Waals surface area contributed by atoms with Crippen LogP contribution >= 0.6 is 22.9 Å². The van der Waals surface area contributed by atoms with Crippen molar-refractivity contribution < 1.29 is 0 Å². The molecular formula is C14H12ClN3S. The third-order valence-electron chi connectivity index (χ3n) is 2.86. The van der Waals surface area contributed by atoms with Gasteiger partial charge >= 0.3 is 0 Å². The van der Waals surface area contributed by atoms with E-state index in [-0.39, 0.29) is 0 Å². The largest absolute Gasteiger partial charge is 0.237 e. The fraction of sp³-hybridized carbons (Fsp3) is 0.214. The van der Waals surface area contributed by atoms with Gasteiger partial charge in [-0.2, -0.15) is 0 Å². The summed E-state index contributed by atoms with van der Waals surface area (Å²) in [5.74, 6) is 1.00. The van der Waals surface area contributed by atoms with Crippen LogP contribution in [0.4, 0.5) is 0 Å². The van der Waals surface area contributed by atoms with Gasteiger partial charge in [0.25, 0.3) is 0 Å². The predicted molar refractivity (Wildman–Crippen MR) is 79.7 cm³/mol. The molecule has 19 heavy (non-hydrogen) atoms. The van der Waals surface area contributed by atoms with Crippen LogP contribution in [-0.4, -0.2) is 15.0 Å². The van der Waals surface area contributed by atoms with Crippen molar-refractivity contribution in [2.24, 2.45) is 0 Å². The van der Waals surface area contributed by atoms with Crippen LogP contribution in [0.5, 0.6) is 0 Å². The minimum atomic E-state index is 0.404. The molecule has 0 saturated heterocycles. The van der Waals surface area contributed by atoms with Crippen LogP contribution in [0.3, 0.4) is 0 Å². The number of thiazole rings is 1. The summed E-state index contributed by atoms with van der Waals surface area (Å²) >= 11 is 7.76. The SMILES string of the molecule is CC(C)c1csc(-c2nc(Cl)c3ccccc3n2)n1. The Bertz CT molecular complexity index is 736. The van der Waals surface area contributed by atoms with Crippen molar-refractivity contribution in [1.29, 1.82) is 0 Å². The highest BCUT2D eigenvalue weighted by Crippen LogP contribution is 2.28. The number of rotatable bonds is 2. The van der Waals surface area contributed by atoms with E-state index in [0.29, 0.717) is 16.9 Å². The number of hydrogen-bond donors (Lipinski definition) is 0. The second-order valence-corrected chi connectivity index (χ2v) is 5.80. The molecule has 0 N–H and O–H groups in total. The third-order valence-corrected chi connectivity index (χ3v) is 4.01. The highest BCUT2D eigenvalue weighted by molar-refractivity contribution is 7.13. The van der Waals surface area contributed by atoms with Gasteiger partial charge in [-0.15, -0.1) is 11.3 Å². The second-order valence-electron chi connectivity index (χ2n) is 4.59. The van der Waals surface area contributed by atoms with E-state index in [1.807, 2.05) is 29.6 Å². The summed E-state index contributed by atoms with van der Waals surface area (Å²) in [5, 5.41) is 4.21. The van der Waals surface area contributed by atoms with Crippen LogP contribution in [-0.2, 0) is 0 Å². The number of hydrogen-bond acceptors (Lipinski definition) is 4. The lowest BCUT2D eigenvalue weighted by molar-refractivity contribution is 0.833. The third kappa shape index (κ3) is 2.33. The molecule has 3 rings (SSSR count). The van der Waals surface area contributed by atoms with Crippen molar-refractivity contribution in [2.75, 3.05) is 0 Å². The Morgan fingerprint density at radius 3 is 2.63 bits per heavy atom. The Morgan fingerprint density at radius 1 is 1.11 bits per heavy atom. The van der Waals surface area contributed by atoms with Gasteiger partial charge in [0.2, 0.25) is 0 Å². The molecule has 0 spiro atoms. The van der Waals surface area contributed by atoms with Crippen LogP contribution in [0.2, 0.25) is 5.15 Å². The minimum Gasteiger partial charge on any atom is -0.237 e. The fourth-order valence-corrected chi connectivity index (χ4v) is 2.94. The molecule has 3 aromatic rings. The molecule has 0 atom stereocenters. The van der Waals surface area contributed by atoms with Gasteiger partial charge in [-0.3, -0.25) is 0 Å². The molecule has 0 aliphatic rings. The van der Waals surface area contributed by atoms with E-state index in [1.165, 1.54) is 0 Å². The molecule has 0 aliphatic heterocycles. The molecule has 3 nitrogen and oxygen atoms in total. The van der Waals surface area contributed by atoms with E-state index < -0.39 is 0 Å². The van der Waals surface area contributed by atoms with E-state index in [1.54, 1.807) is 11.3 Å². The standard InChI is InChI=1S/C14H12ClN3S/c1-8(2)11-7-19-14(17-11)13-16-10-6-4-3-5-9(10)12(15)18-13/h3-8H,1-2H3. The molecule has 0 saturated carbocycles. The van der Waals surface area contributed by atoms with Crippen LogP contribution in [0.1, 0.15) is 25.5 Å². The monoisotopic (exact) mass is 289 g/mol. The van der Waals surface area contributed by atoms with Gasteiger partial charge < -0.3 is 0 Å². The summed E-state index contributed by atoms with van der Waals surface area (Å²) in [5.41, 5.74) is 1.91. The first-order valence-corrected chi connectivity index (χ1v) is 7.29. The molecule has 1 aromatic carbocycles. The Kier molecular flexibility index (Phi) is 3.21. The second kappa shape index (κ2) is 4.87. The minimum absolute atomic E-state index is 0.404. The van der Waals surface area contributed by atoms with Gasteiger partial charge in [0.15, 0.2) is 10.8 Å².